The van der Waals surface area contributed by atoms with E-state index in [1.165, 1.54) is 0 Å². The predicted octanol–water partition coefficient (Wildman–Crippen LogP) is 3.59. The fourth-order valence-corrected chi connectivity index (χ4v) is 2.49. The van der Waals surface area contributed by atoms with Crippen molar-refractivity contribution < 1.29 is 14.3 Å². The summed E-state index contributed by atoms with van der Waals surface area (Å²) in [6, 6.07) is 13.2. The second-order valence-electron chi connectivity index (χ2n) is 4.89. The Balaban J connectivity index is 2.05. The van der Waals surface area contributed by atoms with Gasteiger partial charge in [0.2, 0.25) is 0 Å². The summed E-state index contributed by atoms with van der Waals surface area (Å²) in [4.78, 5) is 12.2. The Hall–Kier alpha value is -2.75. The molecular weight excluding hydrogens is 278 g/mol. The van der Waals surface area contributed by atoms with Crippen molar-refractivity contribution in [3.05, 3.63) is 53.6 Å². The number of hydrogen-bond acceptors (Lipinski definition) is 3. The number of carbonyl (C=O) groups excluding carboxylic acids is 1. The van der Waals surface area contributed by atoms with Gasteiger partial charge in [-0.05, 0) is 31.2 Å². The van der Waals surface area contributed by atoms with Gasteiger partial charge in [-0.15, -0.1) is 0 Å². The van der Waals surface area contributed by atoms with Gasteiger partial charge in [0.05, 0.1) is 19.4 Å². The summed E-state index contributed by atoms with van der Waals surface area (Å²) in [5, 5.41) is 2.87. The first-order valence-electron chi connectivity index (χ1n) is 7.16. The molecule has 0 radical (unpaired) electrons. The molecule has 0 bridgehead atoms. The van der Waals surface area contributed by atoms with Crippen molar-refractivity contribution in [3.8, 4) is 11.5 Å². The zero-order valence-electron chi connectivity index (χ0n) is 12.6. The van der Waals surface area contributed by atoms with Gasteiger partial charge in [-0.1, -0.05) is 18.2 Å². The van der Waals surface area contributed by atoms with E-state index in [0.29, 0.717) is 12.2 Å². The Bertz CT molecular complexity index is 750. The van der Waals surface area contributed by atoms with Gasteiger partial charge in [0.15, 0.2) is 0 Å². The molecule has 1 amide bonds. The summed E-state index contributed by atoms with van der Waals surface area (Å²) >= 11 is 0. The molecule has 4 nitrogen and oxygen atoms in total. The zero-order valence-corrected chi connectivity index (χ0v) is 12.6. The monoisotopic (exact) mass is 295 g/mol. The molecule has 2 aromatic carbocycles. The maximum absolute atomic E-state index is 12.2. The highest BCUT2D eigenvalue weighted by atomic mass is 16.5. The van der Waals surface area contributed by atoms with Crippen molar-refractivity contribution in [2.75, 3.05) is 19.0 Å². The van der Waals surface area contributed by atoms with Crippen LogP contribution in [-0.2, 0) is 4.79 Å². The quantitative estimate of drug-likeness (QED) is 0.877. The number of amides is 1. The number of rotatable bonds is 4. The number of anilines is 1. The van der Waals surface area contributed by atoms with Crippen LogP contribution >= 0.6 is 0 Å². The molecule has 0 spiro atoms. The molecule has 4 heteroatoms. The molecule has 22 heavy (non-hydrogen) atoms. The molecule has 2 aromatic rings. The summed E-state index contributed by atoms with van der Waals surface area (Å²) in [7, 11) is 1.60. The molecule has 0 fully saturated rings. The molecule has 0 saturated carbocycles. The van der Waals surface area contributed by atoms with Crippen LogP contribution in [0.25, 0.3) is 11.6 Å². The third-order valence-corrected chi connectivity index (χ3v) is 3.53. The molecule has 1 heterocycles. The second kappa shape index (κ2) is 5.93. The topological polar surface area (TPSA) is 47.6 Å². The minimum Gasteiger partial charge on any atom is -0.497 e. The van der Waals surface area contributed by atoms with Gasteiger partial charge in [0.1, 0.15) is 11.5 Å². The van der Waals surface area contributed by atoms with Gasteiger partial charge >= 0.3 is 0 Å². The number of carbonyl (C=O) groups is 1. The second-order valence-corrected chi connectivity index (χ2v) is 4.89. The average molecular weight is 295 g/mol. The van der Waals surface area contributed by atoms with E-state index in [1.54, 1.807) is 7.11 Å². The van der Waals surface area contributed by atoms with Crippen molar-refractivity contribution in [1.29, 1.82) is 0 Å². The SMILES string of the molecule is CCOc1ccccc1C=C1C(=O)Nc2cc(OC)ccc21. The molecule has 0 aliphatic carbocycles. The van der Waals surface area contributed by atoms with Gasteiger partial charge in [0, 0.05) is 22.8 Å². The van der Waals surface area contributed by atoms with E-state index in [0.717, 1.165) is 28.3 Å². The average Bonchev–Trinajstić information content (AvgIpc) is 2.84. The van der Waals surface area contributed by atoms with Crippen LogP contribution in [-0.4, -0.2) is 19.6 Å². The molecule has 1 aliphatic heterocycles. The lowest BCUT2D eigenvalue weighted by atomic mass is 10.0. The maximum atomic E-state index is 12.2. The first-order chi connectivity index (χ1) is 10.7. The van der Waals surface area contributed by atoms with Crippen LogP contribution in [0, 0.1) is 0 Å². The summed E-state index contributed by atoms with van der Waals surface area (Å²) in [5.74, 6) is 1.37. The van der Waals surface area contributed by atoms with Crippen molar-refractivity contribution in [2.45, 2.75) is 6.92 Å². The van der Waals surface area contributed by atoms with Crippen molar-refractivity contribution in [1.82, 2.24) is 0 Å². The highest BCUT2D eigenvalue weighted by Crippen LogP contribution is 2.36. The fourth-order valence-electron chi connectivity index (χ4n) is 2.49. The van der Waals surface area contributed by atoms with Crippen molar-refractivity contribution in [3.63, 3.8) is 0 Å². The van der Waals surface area contributed by atoms with Crippen LogP contribution in [0.1, 0.15) is 18.1 Å². The zero-order chi connectivity index (χ0) is 15.5. The summed E-state index contributed by atoms with van der Waals surface area (Å²) in [6.45, 7) is 2.52. The smallest absolute Gasteiger partial charge is 0.256 e. The highest BCUT2D eigenvalue weighted by Gasteiger charge is 2.24. The van der Waals surface area contributed by atoms with Crippen LogP contribution < -0.4 is 14.8 Å². The molecular formula is C18H17NO3. The summed E-state index contributed by atoms with van der Waals surface area (Å²) < 4.78 is 10.8. The Morgan fingerprint density at radius 1 is 1.18 bits per heavy atom. The Labute approximate surface area is 129 Å². The Kier molecular flexibility index (Phi) is 3.83. The third-order valence-electron chi connectivity index (χ3n) is 3.53. The van der Waals surface area contributed by atoms with E-state index < -0.39 is 0 Å². The van der Waals surface area contributed by atoms with Crippen molar-refractivity contribution in [2.24, 2.45) is 0 Å². The lowest BCUT2D eigenvalue weighted by molar-refractivity contribution is -0.110. The van der Waals surface area contributed by atoms with E-state index in [4.69, 9.17) is 9.47 Å². The molecule has 1 N–H and O–H groups in total. The molecule has 3 rings (SSSR count). The largest absolute Gasteiger partial charge is 0.497 e. The Morgan fingerprint density at radius 2 is 2.00 bits per heavy atom. The molecule has 1 aliphatic rings. The number of fused-ring (bicyclic) bond motifs is 1. The number of ether oxygens (including phenoxy) is 2. The number of nitrogens with one attached hydrogen (secondary N) is 1. The lowest BCUT2D eigenvalue weighted by Gasteiger charge is -2.07. The lowest BCUT2D eigenvalue weighted by Crippen LogP contribution is -2.03. The minimum absolute atomic E-state index is 0.116. The van der Waals surface area contributed by atoms with Gasteiger partial charge < -0.3 is 14.8 Å². The van der Waals surface area contributed by atoms with Crippen LogP contribution in [0.3, 0.4) is 0 Å². The van der Waals surface area contributed by atoms with E-state index in [1.807, 2.05) is 55.5 Å². The van der Waals surface area contributed by atoms with Crippen LogP contribution in [0.5, 0.6) is 11.5 Å². The fraction of sp³-hybridized carbons (Fsp3) is 0.167. The molecule has 0 unspecified atom stereocenters. The standard InChI is InChI=1S/C18H17NO3/c1-3-22-17-7-5-4-6-12(17)10-15-14-9-8-13(21-2)11-16(14)19-18(15)20/h4-11H,3H2,1-2H3,(H,19,20). The minimum atomic E-state index is -0.116. The van der Waals surface area contributed by atoms with Crippen molar-refractivity contribution >= 4 is 23.2 Å². The van der Waals surface area contributed by atoms with E-state index in [2.05, 4.69) is 5.32 Å². The molecule has 112 valence electrons. The molecule has 0 aromatic heterocycles. The number of hydrogen-bond donors (Lipinski definition) is 1. The predicted molar refractivity (Wildman–Crippen MR) is 87.1 cm³/mol. The first-order valence-corrected chi connectivity index (χ1v) is 7.16. The van der Waals surface area contributed by atoms with E-state index >= 15 is 0 Å². The van der Waals surface area contributed by atoms with Crippen LogP contribution in [0.4, 0.5) is 5.69 Å². The van der Waals surface area contributed by atoms with Crippen LogP contribution in [0.2, 0.25) is 0 Å². The highest BCUT2D eigenvalue weighted by molar-refractivity contribution is 6.35. The summed E-state index contributed by atoms with van der Waals surface area (Å²) in [6.07, 6.45) is 1.86. The van der Waals surface area contributed by atoms with Gasteiger partial charge in [-0.25, -0.2) is 0 Å². The van der Waals surface area contributed by atoms with E-state index in [9.17, 15) is 4.79 Å². The van der Waals surface area contributed by atoms with Crippen LogP contribution in [0.15, 0.2) is 42.5 Å². The maximum Gasteiger partial charge on any atom is 0.256 e. The van der Waals surface area contributed by atoms with E-state index in [-0.39, 0.29) is 5.91 Å². The van der Waals surface area contributed by atoms with Gasteiger partial charge in [-0.2, -0.15) is 0 Å². The van der Waals surface area contributed by atoms with Gasteiger partial charge in [-0.3, -0.25) is 4.79 Å². The Morgan fingerprint density at radius 3 is 2.77 bits per heavy atom. The number of para-hydroxylation sites is 1. The normalized spacial score (nSPS) is 14.6. The summed E-state index contributed by atoms with van der Waals surface area (Å²) in [5.41, 5.74) is 3.16. The first kappa shape index (κ1) is 14.2. The molecule has 0 saturated heterocycles. The number of benzene rings is 2. The van der Waals surface area contributed by atoms with Gasteiger partial charge in [0.25, 0.3) is 5.91 Å². The molecule has 0 atom stereocenters. The number of methoxy groups -OCH3 is 1. The third kappa shape index (κ3) is 2.55.